The highest BCUT2D eigenvalue weighted by Gasteiger charge is 2.37. The van der Waals surface area contributed by atoms with Crippen molar-refractivity contribution in [2.45, 2.75) is 51.7 Å². The molecular formula is C23H28FNO3. The molecule has 0 spiro atoms. The number of halogens is 1. The summed E-state index contributed by atoms with van der Waals surface area (Å²) in [6.45, 7) is 8.30. The third-order valence-corrected chi connectivity index (χ3v) is 5.17. The van der Waals surface area contributed by atoms with E-state index in [1.807, 2.05) is 52.0 Å². The van der Waals surface area contributed by atoms with Crippen LogP contribution in [-0.2, 0) is 10.3 Å². The van der Waals surface area contributed by atoms with Crippen LogP contribution in [0.3, 0.4) is 0 Å². The number of aliphatic hydroxyl groups is 1. The fourth-order valence-corrected chi connectivity index (χ4v) is 3.61. The molecule has 3 rings (SSSR count). The van der Waals surface area contributed by atoms with E-state index in [1.54, 1.807) is 17.0 Å². The van der Waals surface area contributed by atoms with Gasteiger partial charge in [-0.15, -0.1) is 0 Å². The summed E-state index contributed by atoms with van der Waals surface area (Å²) in [7, 11) is 0. The summed E-state index contributed by atoms with van der Waals surface area (Å²) in [5.41, 5.74) is 1.54. The van der Waals surface area contributed by atoms with E-state index in [2.05, 4.69) is 0 Å². The largest absolute Gasteiger partial charge is 0.444 e. The summed E-state index contributed by atoms with van der Waals surface area (Å²) in [5, 5.41) is 11.2. The van der Waals surface area contributed by atoms with Crippen molar-refractivity contribution < 1.29 is 19.0 Å². The molecule has 1 aliphatic rings. The first-order chi connectivity index (χ1) is 13.1. The van der Waals surface area contributed by atoms with Crippen molar-refractivity contribution in [1.82, 2.24) is 4.90 Å². The number of hydrogen-bond donors (Lipinski definition) is 1. The van der Waals surface area contributed by atoms with E-state index in [1.165, 1.54) is 6.07 Å². The monoisotopic (exact) mass is 385 g/mol. The van der Waals surface area contributed by atoms with Crippen molar-refractivity contribution in [3.63, 3.8) is 0 Å². The van der Waals surface area contributed by atoms with Gasteiger partial charge in [0.1, 0.15) is 11.4 Å². The first-order valence-corrected chi connectivity index (χ1v) is 9.65. The second kappa shape index (κ2) is 7.55. The van der Waals surface area contributed by atoms with Gasteiger partial charge in [0.2, 0.25) is 0 Å². The van der Waals surface area contributed by atoms with Gasteiger partial charge in [-0.1, -0.05) is 36.4 Å². The minimum atomic E-state index is -1.00. The van der Waals surface area contributed by atoms with E-state index in [0.29, 0.717) is 31.5 Å². The molecule has 2 aromatic carbocycles. The number of amides is 1. The van der Waals surface area contributed by atoms with Crippen molar-refractivity contribution >= 4 is 6.09 Å². The van der Waals surface area contributed by atoms with Gasteiger partial charge in [-0.05, 0) is 63.3 Å². The molecule has 2 aromatic rings. The molecule has 0 saturated carbocycles. The molecule has 5 heteroatoms. The highest BCUT2D eigenvalue weighted by Crippen LogP contribution is 2.36. The number of likely N-dealkylation sites (tertiary alicyclic amines) is 1. The Morgan fingerprint density at radius 1 is 1.11 bits per heavy atom. The van der Waals surface area contributed by atoms with E-state index in [9.17, 15) is 14.3 Å². The number of ether oxygens (including phenoxy) is 1. The molecule has 0 bridgehead atoms. The van der Waals surface area contributed by atoms with Crippen LogP contribution in [0.15, 0.2) is 42.5 Å². The molecule has 1 saturated heterocycles. The second-order valence-corrected chi connectivity index (χ2v) is 8.51. The van der Waals surface area contributed by atoms with Crippen LogP contribution in [0.2, 0.25) is 0 Å². The maximum Gasteiger partial charge on any atom is 0.410 e. The third kappa shape index (κ3) is 4.36. The van der Waals surface area contributed by atoms with Gasteiger partial charge in [0, 0.05) is 18.7 Å². The number of benzene rings is 2. The molecule has 1 N–H and O–H groups in total. The number of aryl methyl sites for hydroxylation is 1. The molecule has 1 aliphatic heterocycles. The lowest BCUT2D eigenvalue weighted by molar-refractivity contribution is -0.0356. The van der Waals surface area contributed by atoms with Crippen LogP contribution in [0, 0.1) is 12.7 Å². The lowest BCUT2D eigenvalue weighted by atomic mass is 9.83. The van der Waals surface area contributed by atoms with Crippen LogP contribution in [0.4, 0.5) is 9.18 Å². The highest BCUT2D eigenvalue weighted by atomic mass is 19.1. The first kappa shape index (κ1) is 20.3. The van der Waals surface area contributed by atoms with Gasteiger partial charge < -0.3 is 14.7 Å². The molecular weight excluding hydrogens is 357 g/mol. The Morgan fingerprint density at radius 3 is 2.32 bits per heavy atom. The zero-order valence-corrected chi connectivity index (χ0v) is 17.0. The Balaban J connectivity index is 1.75. The molecule has 4 nitrogen and oxygen atoms in total. The smallest absolute Gasteiger partial charge is 0.410 e. The average molecular weight is 385 g/mol. The van der Waals surface area contributed by atoms with Gasteiger partial charge in [-0.25, -0.2) is 9.18 Å². The molecule has 0 atom stereocenters. The minimum Gasteiger partial charge on any atom is -0.444 e. The van der Waals surface area contributed by atoms with Crippen LogP contribution in [0.1, 0.15) is 44.7 Å². The Morgan fingerprint density at radius 2 is 1.75 bits per heavy atom. The van der Waals surface area contributed by atoms with Crippen LogP contribution in [-0.4, -0.2) is 34.8 Å². The molecule has 0 unspecified atom stereocenters. The Labute approximate surface area is 165 Å². The summed E-state index contributed by atoms with van der Waals surface area (Å²) in [4.78, 5) is 13.9. The normalized spacial score (nSPS) is 16.7. The van der Waals surface area contributed by atoms with E-state index in [0.717, 1.165) is 16.7 Å². The van der Waals surface area contributed by atoms with Gasteiger partial charge in [-0.3, -0.25) is 0 Å². The number of nitrogens with zero attached hydrogens (tertiary/aromatic N) is 1. The van der Waals surface area contributed by atoms with Crippen molar-refractivity contribution in [2.24, 2.45) is 0 Å². The Hall–Kier alpha value is -2.40. The summed E-state index contributed by atoms with van der Waals surface area (Å²) < 4.78 is 19.5. The number of rotatable bonds is 2. The molecule has 0 aliphatic carbocycles. The molecule has 1 heterocycles. The topological polar surface area (TPSA) is 49.8 Å². The standard InChI is InChI=1S/C23H28FNO3/c1-16-15-17(9-10-18(16)19-7-5-6-8-20(19)24)23(27)11-13-25(14-12-23)21(26)28-22(2,3)4/h5-10,15,27H,11-14H2,1-4H3. The van der Waals surface area contributed by atoms with E-state index >= 15 is 0 Å². The van der Waals surface area contributed by atoms with Gasteiger partial charge in [0.15, 0.2) is 0 Å². The van der Waals surface area contributed by atoms with E-state index < -0.39 is 11.2 Å². The Kier molecular flexibility index (Phi) is 5.48. The summed E-state index contributed by atoms with van der Waals surface area (Å²) in [6, 6.07) is 12.3. The summed E-state index contributed by atoms with van der Waals surface area (Å²) in [6.07, 6.45) is 0.524. The molecule has 1 amide bonds. The zero-order chi connectivity index (χ0) is 20.5. The number of carbonyl (C=O) groups is 1. The molecule has 28 heavy (non-hydrogen) atoms. The van der Waals surface area contributed by atoms with Crippen LogP contribution >= 0.6 is 0 Å². The fraction of sp³-hybridized carbons (Fsp3) is 0.435. The number of carbonyl (C=O) groups excluding carboxylic acids is 1. The number of hydrogen-bond acceptors (Lipinski definition) is 3. The third-order valence-electron chi connectivity index (χ3n) is 5.17. The zero-order valence-electron chi connectivity index (χ0n) is 17.0. The molecule has 1 fully saturated rings. The summed E-state index contributed by atoms with van der Waals surface area (Å²) in [5.74, 6) is -0.261. The maximum atomic E-state index is 14.1. The summed E-state index contributed by atoms with van der Waals surface area (Å²) >= 11 is 0. The van der Waals surface area contributed by atoms with Crippen LogP contribution < -0.4 is 0 Å². The molecule has 0 aromatic heterocycles. The lowest BCUT2D eigenvalue weighted by Gasteiger charge is -2.39. The van der Waals surface area contributed by atoms with Crippen LogP contribution in [0.25, 0.3) is 11.1 Å². The predicted octanol–water partition coefficient (Wildman–Crippen LogP) is 5.02. The average Bonchev–Trinajstić information content (AvgIpc) is 2.61. The van der Waals surface area contributed by atoms with Gasteiger partial charge in [-0.2, -0.15) is 0 Å². The number of piperidine rings is 1. The molecule has 150 valence electrons. The van der Waals surface area contributed by atoms with Crippen LogP contribution in [0.5, 0.6) is 0 Å². The van der Waals surface area contributed by atoms with E-state index in [4.69, 9.17) is 4.74 Å². The first-order valence-electron chi connectivity index (χ1n) is 9.65. The fourth-order valence-electron chi connectivity index (χ4n) is 3.61. The SMILES string of the molecule is Cc1cc(C2(O)CCN(C(=O)OC(C)(C)C)CC2)ccc1-c1ccccc1F. The van der Waals surface area contributed by atoms with Crippen molar-refractivity contribution in [2.75, 3.05) is 13.1 Å². The van der Waals surface area contributed by atoms with Gasteiger partial charge >= 0.3 is 6.09 Å². The maximum absolute atomic E-state index is 14.1. The van der Waals surface area contributed by atoms with Crippen molar-refractivity contribution in [3.8, 4) is 11.1 Å². The Bertz CT molecular complexity index is 864. The lowest BCUT2D eigenvalue weighted by Crippen LogP contribution is -2.46. The van der Waals surface area contributed by atoms with Gasteiger partial charge in [0.05, 0.1) is 5.60 Å². The quantitative estimate of drug-likeness (QED) is 0.790. The van der Waals surface area contributed by atoms with Crippen molar-refractivity contribution in [3.05, 3.63) is 59.4 Å². The highest BCUT2D eigenvalue weighted by molar-refractivity contribution is 5.69. The van der Waals surface area contributed by atoms with Crippen molar-refractivity contribution in [1.29, 1.82) is 0 Å². The van der Waals surface area contributed by atoms with Gasteiger partial charge in [0.25, 0.3) is 0 Å². The molecule has 0 radical (unpaired) electrons. The second-order valence-electron chi connectivity index (χ2n) is 8.51. The van der Waals surface area contributed by atoms with E-state index in [-0.39, 0.29) is 11.9 Å². The minimum absolute atomic E-state index is 0.261. The predicted molar refractivity (Wildman–Crippen MR) is 108 cm³/mol.